The van der Waals surface area contributed by atoms with Crippen molar-refractivity contribution in [2.45, 2.75) is 6.42 Å². The molecule has 1 aromatic heterocycles. The van der Waals surface area contributed by atoms with Gasteiger partial charge in [-0.15, -0.1) is 0 Å². The average molecular weight is 351 g/mol. The van der Waals surface area contributed by atoms with Gasteiger partial charge in [0.25, 0.3) is 0 Å². The van der Waals surface area contributed by atoms with Gasteiger partial charge in [0.05, 0.1) is 12.8 Å². The van der Waals surface area contributed by atoms with Crippen LogP contribution >= 0.6 is 11.6 Å². The number of methoxy groups -OCH3 is 1. The van der Waals surface area contributed by atoms with Crippen molar-refractivity contribution < 1.29 is 4.74 Å². The minimum Gasteiger partial charge on any atom is -0.497 e. The molecule has 3 rings (SSSR count). The van der Waals surface area contributed by atoms with Gasteiger partial charge >= 0.3 is 0 Å². The summed E-state index contributed by atoms with van der Waals surface area (Å²) in [7, 11) is 1.62. The predicted molar refractivity (Wildman–Crippen MR) is 97.8 cm³/mol. The van der Waals surface area contributed by atoms with E-state index >= 15 is 0 Å². The fraction of sp³-hybridized carbons (Fsp3) is 0.105. The van der Waals surface area contributed by atoms with Crippen LogP contribution < -0.4 is 4.74 Å². The lowest BCUT2D eigenvalue weighted by molar-refractivity contribution is 0.415. The molecule has 1 N–H and O–H groups in total. The van der Waals surface area contributed by atoms with Gasteiger partial charge < -0.3 is 4.74 Å². The molecule has 0 unspecified atom stereocenters. The molecule has 0 amide bonds. The van der Waals surface area contributed by atoms with Crippen molar-refractivity contribution in [1.29, 1.82) is 5.26 Å². The zero-order valence-corrected chi connectivity index (χ0v) is 14.3. The van der Waals surface area contributed by atoms with E-state index in [1.807, 2.05) is 48.5 Å². The maximum atomic E-state index is 9.45. The molecular formula is C19H15ClN4O. The Morgan fingerprint density at radius 2 is 1.92 bits per heavy atom. The number of nitriles is 1. The number of aromatic amines is 1. The van der Waals surface area contributed by atoms with Gasteiger partial charge in [-0.25, -0.2) is 4.99 Å². The van der Waals surface area contributed by atoms with Gasteiger partial charge in [-0.1, -0.05) is 23.7 Å². The van der Waals surface area contributed by atoms with Crippen LogP contribution in [0.3, 0.4) is 0 Å². The molecule has 0 aliphatic carbocycles. The molecule has 2 aromatic carbocycles. The molecule has 0 saturated carbocycles. The number of halogens is 1. The minimum absolute atomic E-state index is 0.377. The second kappa shape index (κ2) is 7.65. The molecule has 0 atom stereocenters. The van der Waals surface area contributed by atoms with Crippen molar-refractivity contribution in [2.24, 2.45) is 4.99 Å². The molecule has 25 heavy (non-hydrogen) atoms. The van der Waals surface area contributed by atoms with Crippen LogP contribution in [0.5, 0.6) is 5.75 Å². The van der Waals surface area contributed by atoms with Gasteiger partial charge in [0.2, 0.25) is 0 Å². The Bertz CT molecular complexity index is 922. The molecular weight excluding hydrogens is 336 g/mol. The minimum atomic E-state index is 0.377. The molecule has 0 bridgehead atoms. The van der Waals surface area contributed by atoms with E-state index in [1.54, 1.807) is 13.3 Å². The Labute approximate surface area is 150 Å². The fourth-order valence-electron chi connectivity index (χ4n) is 2.34. The second-order valence-corrected chi connectivity index (χ2v) is 5.78. The first-order valence-electron chi connectivity index (χ1n) is 7.59. The second-order valence-electron chi connectivity index (χ2n) is 5.35. The fourth-order valence-corrected chi connectivity index (χ4v) is 2.46. The van der Waals surface area contributed by atoms with Gasteiger partial charge in [-0.05, 0) is 47.5 Å². The van der Waals surface area contributed by atoms with E-state index in [0.717, 1.165) is 22.6 Å². The highest BCUT2D eigenvalue weighted by atomic mass is 35.5. The van der Waals surface area contributed by atoms with E-state index < -0.39 is 0 Å². The lowest BCUT2D eigenvalue weighted by atomic mass is 10.1. The van der Waals surface area contributed by atoms with Gasteiger partial charge in [-0.2, -0.15) is 10.4 Å². The summed E-state index contributed by atoms with van der Waals surface area (Å²) < 4.78 is 5.12. The number of nitrogens with one attached hydrogen (secondary N) is 1. The van der Waals surface area contributed by atoms with Crippen molar-refractivity contribution in [3.05, 3.63) is 75.9 Å². The Morgan fingerprint density at radius 1 is 1.20 bits per heavy atom. The summed E-state index contributed by atoms with van der Waals surface area (Å²) in [5.41, 5.74) is 3.11. The molecule has 0 aliphatic rings. The SMILES string of the molecule is COc1ccc(C=Nc2n[nH]c(Cc3ccc(Cl)cc3)c2C#N)cc1. The van der Waals surface area contributed by atoms with Crippen LogP contribution in [0.4, 0.5) is 5.82 Å². The zero-order chi connectivity index (χ0) is 17.6. The van der Waals surface area contributed by atoms with E-state index in [0.29, 0.717) is 22.8 Å². The van der Waals surface area contributed by atoms with Crippen LogP contribution in [0, 0.1) is 11.3 Å². The molecule has 5 nitrogen and oxygen atoms in total. The normalized spacial score (nSPS) is 10.8. The van der Waals surface area contributed by atoms with Crippen LogP contribution in [0.15, 0.2) is 53.5 Å². The highest BCUT2D eigenvalue weighted by Gasteiger charge is 2.12. The maximum absolute atomic E-state index is 9.45. The number of ether oxygens (including phenoxy) is 1. The molecule has 1 heterocycles. The van der Waals surface area contributed by atoms with Crippen molar-refractivity contribution in [2.75, 3.05) is 7.11 Å². The van der Waals surface area contributed by atoms with Gasteiger partial charge in [0.15, 0.2) is 5.82 Å². The smallest absolute Gasteiger partial charge is 0.191 e. The topological polar surface area (TPSA) is 74.1 Å². The molecule has 0 radical (unpaired) electrons. The Hall–Kier alpha value is -3.10. The third-order valence-corrected chi connectivity index (χ3v) is 3.93. The average Bonchev–Trinajstić information content (AvgIpc) is 3.04. The van der Waals surface area contributed by atoms with E-state index in [-0.39, 0.29) is 0 Å². The highest BCUT2D eigenvalue weighted by molar-refractivity contribution is 6.30. The first-order chi connectivity index (χ1) is 12.2. The number of aromatic nitrogens is 2. The zero-order valence-electron chi connectivity index (χ0n) is 13.5. The molecule has 6 heteroatoms. The maximum Gasteiger partial charge on any atom is 0.191 e. The molecule has 0 fully saturated rings. The van der Waals surface area contributed by atoms with E-state index in [9.17, 15) is 5.26 Å². The van der Waals surface area contributed by atoms with Crippen molar-refractivity contribution >= 4 is 23.6 Å². The number of aliphatic imine (C=N–C) groups is 1. The number of benzene rings is 2. The number of rotatable bonds is 5. The van der Waals surface area contributed by atoms with E-state index in [2.05, 4.69) is 21.3 Å². The summed E-state index contributed by atoms with van der Waals surface area (Å²) in [6, 6.07) is 17.1. The number of hydrogen-bond acceptors (Lipinski definition) is 4. The lowest BCUT2D eigenvalue weighted by Gasteiger charge is -2.00. The largest absolute Gasteiger partial charge is 0.497 e. The molecule has 0 spiro atoms. The monoisotopic (exact) mass is 350 g/mol. The van der Waals surface area contributed by atoms with E-state index in [4.69, 9.17) is 16.3 Å². The Kier molecular flexibility index (Phi) is 5.12. The van der Waals surface area contributed by atoms with Crippen LogP contribution in [0.25, 0.3) is 0 Å². The quantitative estimate of drug-likeness (QED) is 0.698. The van der Waals surface area contributed by atoms with Crippen LogP contribution in [0.1, 0.15) is 22.4 Å². The van der Waals surface area contributed by atoms with Crippen LogP contribution in [0.2, 0.25) is 5.02 Å². The molecule has 0 saturated heterocycles. The lowest BCUT2D eigenvalue weighted by Crippen LogP contribution is -1.91. The standard InChI is InChI=1S/C19H15ClN4O/c1-25-16-8-4-14(5-9-16)12-22-19-17(11-21)18(23-24-19)10-13-2-6-15(20)7-3-13/h2-9,12H,10H2,1H3,(H,23,24). The first-order valence-corrected chi connectivity index (χ1v) is 7.97. The third kappa shape index (κ3) is 4.06. The third-order valence-electron chi connectivity index (χ3n) is 3.68. The van der Waals surface area contributed by atoms with E-state index in [1.165, 1.54) is 0 Å². The summed E-state index contributed by atoms with van der Waals surface area (Å²) in [5, 5.41) is 17.2. The Morgan fingerprint density at radius 3 is 2.56 bits per heavy atom. The van der Waals surface area contributed by atoms with Gasteiger partial charge in [0, 0.05) is 17.7 Å². The van der Waals surface area contributed by atoms with Crippen LogP contribution in [-0.4, -0.2) is 23.5 Å². The summed E-state index contributed by atoms with van der Waals surface area (Å²) in [6.45, 7) is 0. The summed E-state index contributed by atoms with van der Waals surface area (Å²) in [5.74, 6) is 1.15. The van der Waals surface area contributed by atoms with Crippen molar-refractivity contribution in [1.82, 2.24) is 10.2 Å². The highest BCUT2D eigenvalue weighted by Crippen LogP contribution is 2.22. The summed E-state index contributed by atoms with van der Waals surface area (Å²) in [6.07, 6.45) is 2.23. The summed E-state index contributed by atoms with van der Waals surface area (Å²) >= 11 is 5.90. The summed E-state index contributed by atoms with van der Waals surface area (Å²) in [4.78, 5) is 4.33. The molecule has 3 aromatic rings. The predicted octanol–water partition coefficient (Wildman–Crippen LogP) is 4.28. The molecule has 124 valence electrons. The number of hydrogen-bond donors (Lipinski definition) is 1. The van der Waals surface area contributed by atoms with Crippen LogP contribution in [-0.2, 0) is 6.42 Å². The number of H-pyrrole nitrogens is 1. The number of nitrogens with zero attached hydrogens (tertiary/aromatic N) is 3. The van der Waals surface area contributed by atoms with Crippen molar-refractivity contribution in [3.63, 3.8) is 0 Å². The van der Waals surface area contributed by atoms with Gasteiger partial charge in [0.1, 0.15) is 17.4 Å². The first kappa shape index (κ1) is 16.7. The molecule has 0 aliphatic heterocycles. The Balaban J connectivity index is 1.80. The van der Waals surface area contributed by atoms with Gasteiger partial charge in [-0.3, -0.25) is 5.10 Å². The van der Waals surface area contributed by atoms with Crippen molar-refractivity contribution in [3.8, 4) is 11.8 Å².